The first-order chi connectivity index (χ1) is 17.0. The highest BCUT2D eigenvalue weighted by Gasteiger charge is 2.46. The van der Waals surface area contributed by atoms with Gasteiger partial charge in [0.1, 0.15) is 5.57 Å². The van der Waals surface area contributed by atoms with Gasteiger partial charge < -0.3 is 15.0 Å². The maximum absolute atomic E-state index is 13.7. The van der Waals surface area contributed by atoms with E-state index in [-0.39, 0.29) is 11.6 Å². The lowest BCUT2D eigenvalue weighted by Gasteiger charge is -2.32. The number of nitrogens with zero attached hydrogens (tertiary/aromatic N) is 1. The van der Waals surface area contributed by atoms with Crippen LogP contribution in [0.1, 0.15) is 46.0 Å². The second-order valence-electron chi connectivity index (χ2n) is 10.1. The maximum Gasteiger partial charge on any atom is 0.246 e. The molecule has 2 aliphatic carbocycles. The van der Waals surface area contributed by atoms with E-state index in [1.807, 2.05) is 37.3 Å². The minimum Gasteiger partial charge on any atom is -0.468 e. The Balaban J connectivity index is 1.38. The molecule has 2 atom stereocenters. The Morgan fingerprint density at radius 3 is 2.63 bits per heavy atom. The highest BCUT2D eigenvalue weighted by Crippen LogP contribution is 2.36. The number of hydrogen-bond donors (Lipinski definition) is 2. The quantitative estimate of drug-likeness (QED) is 0.722. The molecular weight excluding hydrogens is 438 g/mol. The van der Waals surface area contributed by atoms with Gasteiger partial charge in [0.25, 0.3) is 0 Å². The van der Waals surface area contributed by atoms with Crippen LogP contribution in [0.3, 0.4) is 0 Å². The Morgan fingerprint density at radius 1 is 1.09 bits per heavy atom. The van der Waals surface area contributed by atoms with Gasteiger partial charge in [-0.05, 0) is 49.9 Å². The van der Waals surface area contributed by atoms with E-state index in [2.05, 4.69) is 22.1 Å². The molecular formula is C29H30N3O3+. The van der Waals surface area contributed by atoms with E-state index in [0.29, 0.717) is 46.1 Å². The lowest BCUT2D eigenvalue weighted by atomic mass is 9.76. The Morgan fingerprint density at radius 2 is 1.86 bits per heavy atom. The SMILES string of the molecule is Cc1ccc2c(c1)[NH+]=C1C3=C(C(=O)c4ccccc4C3=O)C(NCCN3CCC[C@@H](C)C3)=CC1O2. The summed E-state index contributed by atoms with van der Waals surface area (Å²) >= 11 is 0. The van der Waals surface area contributed by atoms with Crippen molar-refractivity contribution >= 4 is 23.0 Å². The number of ether oxygens (including phenoxy) is 1. The van der Waals surface area contributed by atoms with Crippen molar-refractivity contribution < 1.29 is 19.3 Å². The average molecular weight is 469 g/mol. The molecule has 6 heteroatoms. The van der Waals surface area contributed by atoms with Crippen LogP contribution >= 0.6 is 0 Å². The molecule has 0 aromatic heterocycles. The van der Waals surface area contributed by atoms with Gasteiger partial charge in [-0.15, -0.1) is 0 Å². The van der Waals surface area contributed by atoms with E-state index in [9.17, 15) is 9.59 Å². The van der Waals surface area contributed by atoms with Crippen LogP contribution in [0.5, 0.6) is 5.75 Å². The van der Waals surface area contributed by atoms with Gasteiger partial charge in [-0.3, -0.25) is 9.59 Å². The fourth-order valence-corrected chi connectivity index (χ4v) is 5.69. The second kappa shape index (κ2) is 8.61. The Kier molecular flexibility index (Phi) is 5.41. The number of carbonyl (C=O) groups excluding carboxylic acids is 2. The Bertz CT molecular complexity index is 1340. The largest absolute Gasteiger partial charge is 0.468 e. The third-order valence-electron chi connectivity index (χ3n) is 7.40. The van der Waals surface area contributed by atoms with Gasteiger partial charge in [-0.1, -0.05) is 37.3 Å². The molecule has 6 rings (SSSR count). The predicted octanol–water partition coefficient (Wildman–Crippen LogP) is 2.50. The zero-order valence-corrected chi connectivity index (χ0v) is 20.2. The molecule has 2 aliphatic heterocycles. The van der Waals surface area contributed by atoms with Crippen LogP contribution in [0.4, 0.5) is 5.69 Å². The third-order valence-corrected chi connectivity index (χ3v) is 7.40. The summed E-state index contributed by atoms with van der Waals surface area (Å²) in [4.78, 5) is 33.4. The fourth-order valence-electron chi connectivity index (χ4n) is 5.69. The molecule has 1 saturated heterocycles. The number of hydrogen-bond acceptors (Lipinski definition) is 5. The van der Waals surface area contributed by atoms with E-state index in [4.69, 9.17) is 4.74 Å². The number of allylic oxidation sites excluding steroid dienone is 1. The second-order valence-corrected chi connectivity index (χ2v) is 10.1. The topological polar surface area (TPSA) is 72.6 Å². The van der Waals surface area contributed by atoms with Crippen LogP contribution in [0.15, 0.2) is 65.4 Å². The van der Waals surface area contributed by atoms with E-state index >= 15 is 0 Å². The third kappa shape index (κ3) is 3.82. The van der Waals surface area contributed by atoms with Crippen molar-refractivity contribution in [2.75, 3.05) is 26.2 Å². The van der Waals surface area contributed by atoms with Crippen LogP contribution in [0, 0.1) is 12.8 Å². The van der Waals surface area contributed by atoms with Crippen molar-refractivity contribution in [2.45, 2.75) is 32.8 Å². The van der Waals surface area contributed by atoms with Gasteiger partial charge in [0.2, 0.25) is 23.3 Å². The number of piperidine rings is 1. The lowest BCUT2D eigenvalue weighted by Crippen LogP contribution is -2.73. The number of aryl methyl sites for hydroxylation is 1. The fraction of sp³-hybridized carbons (Fsp3) is 0.345. The number of benzene rings is 2. The van der Waals surface area contributed by atoms with Gasteiger partial charge in [0.05, 0.1) is 5.57 Å². The van der Waals surface area contributed by atoms with Crippen LogP contribution in [-0.4, -0.2) is 54.5 Å². The predicted molar refractivity (Wildman–Crippen MR) is 134 cm³/mol. The standard InChI is InChI=1S/C29H29N3O3/c1-17-9-10-23-21(14-17)31-27-24(35-23)15-22(30-11-13-32-12-5-6-18(2)16-32)25-26(27)29(34)20-8-4-3-7-19(20)28(25)33/h3-4,7-10,14-15,18,24,30H,5-6,11-13,16H2,1-2H3/p+1/t18-,24?/m1/s1. The summed E-state index contributed by atoms with van der Waals surface area (Å²) in [6, 6.07) is 13.0. The first-order valence-corrected chi connectivity index (χ1v) is 12.5. The number of ketones is 2. The molecule has 0 saturated carbocycles. The van der Waals surface area contributed by atoms with Crippen molar-refractivity contribution in [3.63, 3.8) is 0 Å². The summed E-state index contributed by atoms with van der Waals surface area (Å²) in [5.74, 6) is 1.19. The van der Waals surface area contributed by atoms with Crippen molar-refractivity contribution in [3.05, 3.63) is 82.1 Å². The molecule has 2 heterocycles. The number of carbonyl (C=O) groups is 2. The summed E-state index contributed by atoms with van der Waals surface area (Å²) in [5.41, 5.74) is 4.99. The van der Waals surface area contributed by atoms with Crippen molar-refractivity contribution in [2.24, 2.45) is 5.92 Å². The number of fused-ring (bicyclic) bond motifs is 4. The molecule has 35 heavy (non-hydrogen) atoms. The maximum atomic E-state index is 13.7. The van der Waals surface area contributed by atoms with E-state index in [0.717, 1.165) is 36.6 Å². The Hall–Kier alpha value is -3.51. The van der Waals surface area contributed by atoms with Gasteiger partial charge >= 0.3 is 0 Å². The zero-order chi connectivity index (χ0) is 24.1. The molecule has 178 valence electrons. The summed E-state index contributed by atoms with van der Waals surface area (Å²) < 4.78 is 6.33. The first-order valence-electron chi connectivity index (χ1n) is 12.5. The summed E-state index contributed by atoms with van der Waals surface area (Å²) in [5, 5.41) is 3.50. The van der Waals surface area contributed by atoms with Crippen LogP contribution in [-0.2, 0) is 0 Å². The zero-order valence-electron chi connectivity index (χ0n) is 20.2. The van der Waals surface area contributed by atoms with Gasteiger partial charge in [-0.25, -0.2) is 4.99 Å². The Labute approximate surface area is 205 Å². The normalized spacial score (nSPS) is 23.4. The van der Waals surface area contributed by atoms with Crippen molar-refractivity contribution in [1.82, 2.24) is 10.2 Å². The molecule has 0 spiro atoms. The molecule has 1 unspecified atom stereocenters. The average Bonchev–Trinajstić information content (AvgIpc) is 2.85. The molecule has 4 aliphatic rings. The summed E-state index contributed by atoms with van der Waals surface area (Å²) in [6.07, 6.45) is 3.99. The van der Waals surface area contributed by atoms with Gasteiger partial charge in [0.15, 0.2) is 11.5 Å². The lowest BCUT2D eigenvalue weighted by molar-refractivity contribution is -0.363. The van der Waals surface area contributed by atoms with Crippen LogP contribution in [0.25, 0.3) is 0 Å². The number of nitrogens with one attached hydrogen (secondary N) is 2. The molecule has 2 N–H and O–H groups in total. The molecule has 0 amide bonds. The minimum absolute atomic E-state index is 0.122. The first kappa shape index (κ1) is 22.0. The number of rotatable bonds is 4. The van der Waals surface area contributed by atoms with Crippen molar-refractivity contribution in [1.29, 1.82) is 0 Å². The van der Waals surface area contributed by atoms with Gasteiger partial charge in [-0.2, -0.15) is 0 Å². The van der Waals surface area contributed by atoms with E-state index in [1.54, 1.807) is 18.2 Å². The molecule has 1 fully saturated rings. The molecule has 0 bridgehead atoms. The summed E-state index contributed by atoms with van der Waals surface area (Å²) in [6.45, 7) is 8.11. The molecule has 2 aromatic rings. The smallest absolute Gasteiger partial charge is 0.246 e. The summed E-state index contributed by atoms with van der Waals surface area (Å²) in [7, 11) is 0. The van der Waals surface area contributed by atoms with E-state index < -0.39 is 6.10 Å². The monoisotopic (exact) mass is 468 g/mol. The van der Waals surface area contributed by atoms with Crippen LogP contribution < -0.4 is 15.0 Å². The minimum atomic E-state index is -0.469. The molecule has 0 radical (unpaired) electrons. The van der Waals surface area contributed by atoms with Crippen molar-refractivity contribution in [3.8, 4) is 5.75 Å². The van der Waals surface area contributed by atoms with Gasteiger partial charge in [0, 0.05) is 42.5 Å². The van der Waals surface area contributed by atoms with E-state index in [1.165, 1.54) is 12.8 Å². The number of likely N-dealkylation sites (tertiary alicyclic amines) is 1. The van der Waals surface area contributed by atoms with Crippen LogP contribution in [0.2, 0.25) is 0 Å². The number of Topliss-reactive ketones (excluding diaryl/α,β-unsaturated/α-hetero) is 2. The molecule has 2 aromatic carbocycles. The highest BCUT2D eigenvalue weighted by atomic mass is 16.5. The molecule has 6 nitrogen and oxygen atoms in total. The highest BCUT2D eigenvalue weighted by molar-refractivity contribution is 6.39.